The number of benzene rings is 1. The Kier molecular flexibility index (Phi) is 9.33. The molecule has 0 radical (unpaired) electrons. The van der Waals surface area contributed by atoms with Gasteiger partial charge in [0.25, 0.3) is 0 Å². The third-order valence-corrected chi connectivity index (χ3v) is 4.94. The number of nitrogens with zero attached hydrogens (tertiary/aromatic N) is 2. The normalized spacial score (nSPS) is 12.5. The summed E-state index contributed by atoms with van der Waals surface area (Å²) in [6, 6.07) is 5.57. The second-order valence-electron chi connectivity index (χ2n) is 5.21. The summed E-state index contributed by atoms with van der Waals surface area (Å²) in [5.74, 6) is 0.893. The monoisotopic (exact) mass is 498 g/mol. The molecule has 1 aromatic heterocycles. The van der Waals surface area contributed by atoms with Crippen molar-refractivity contribution in [3.63, 3.8) is 0 Å². The fraction of sp³-hybridized carbons (Fsp3) is 0.375. The Bertz CT molecular complexity index is 670. The van der Waals surface area contributed by atoms with E-state index in [1.165, 1.54) is 4.88 Å². The van der Waals surface area contributed by atoms with E-state index in [0.717, 1.165) is 16.5 Å². The number of guanidine groups is 1. The fourth-order valence-corrected chi connectivity index (χ4v) is 3.69. The third kappa shape index (κ3) is 6.06. The maximum Gasteiger partial charge on any atom is 0.191 e. The van der Waals surface area contributed by atoms with E-state index >= 15 is 0 Å². The standard InChI is InChI=1S/C16H20Cl2N4S.HI/c1-10(15-12(17)5-4-6-13(15)18)7-21-16(19-3)22-9-14-20-8-11(2)23-14;/h4-6,8,10H,7,9H2,1-3H3,(H2,19,21,22);1H. The maximum absolute atomic E-state index is 6.25. The molecule has 2 N–H and O–H groups in total. The average molecular weight is 499 g/mol. The second-order valence-corrected chi connectivity index (χ2v) is 7.34. The fourth-order valence-electron chi connectivity index (χ4n) is 2.20. The van der Waals surface area contributed by atoms with Gasteiger partial charge in [0.15, 0.2) is 5.96 Å². The number of hydrogen-bond donors (Lipinski definition) is 2. The molecular formula is C16H21Cl2IN4S. The van der Waals surface area contributed by atoms with Crippen molar-refractivity contribution in [1.29, 1.82) is 0 Å². The maximum atomic E-state index is 6.25. The van der Waals surface area contributed by atoms with Gasteiger partial charge in [-0.1, -0.05) is 36.2 Å². The highest BCUT2D eigenvalue weighted by Gasteiger charge is 2.14. The lowest BCUT2D eigenvalue weighted by atomic mass is 10.0. The molecular weight excluding hydrogens is 478 g/mol. The van der Waals surface area contributed by atoms with E-state index in [1.54, 1.807) is 18.4 Å². The van der Waals surface area contributed by atoms with Gasteiger partial charge in [-0.15, -0.1) is 35.3 Å². The molecule has 1 heterocycles. The van der Waals surface area contributed by atoms with Crippen LogP contribution in [0.4, 0.5) is 0 Å². The first-order chi connectivity index (χ1) is 11.0. The van der Waals surface area contributed by atoms with Crippen LogP contribution < -0.4 is 10.6 Å². The zero-order chi connectivity index (χ0) is 16.8. The van der Waals surface area contributed by atoms with Crippen LogP contribution in [0, 0.1) is 6.92 Å². The summed E-state index contributed by atoms with van der Waals surface area (Å²) in [7, 11) is 1.75. The van der Waals surface area contributed by atoms with Gasteiger partial charge in [-0.05, 0) is 24.6 Å². The predicted molar refractivity (Wildman–Crippen MR) is 115 cm³/mol. The third-order valence-electron chi connectivity index (χ3n) is 3.37. The number of aromatic nitrogens is 1. The zero-order valence-electron chi connectivity index (χ0n) is 13.8. The Balaban J connectivity index is 0.00000288. The largest absolute Gasteiger partial charge is 0.356 e. The van der Waals surface area contributed by atoms with Crippen LogP contribution in [0.3, 0.4) is 0 Å². The van der Waals surface area contributed by atoms with Crippen LogP contribution in [0.1, 0.15) is 28.3 Å². The van der Waals surface area contributed by atoms with Gasteiger partial charge in [0.2, 0.25) is 0 Å². The molecule has 0 bridgehead atoms. The smallest absolute Gasteiger partial charge is 0.191 e. The topological polar surface area (TPSA) is 49.3 Å². The Morgan fingerprint density at radius 2 is 1.96 bits per heavy atom. The summed E-state index contributed by atoms with van der Waals surface area (Å²) >= 11 is 14.2. The molecule has 0 aliphatic heterocycles. The van der Waals surface area contributed by atoms with Crippen LogP contribution in [0.2, 0.25) is 10.0 Å². The van der Waals surface area contributed by atoms with E-state index < -0.39 is 0 Å². The highest BCUT2D eigenvalue weighted by atomic mass is 127. The lowest BCUT2D eigenvalue weighted by Gasteiger charge is -2.18. The van der Waals surface area contributed by atoms with Gasteiger partial charge in [0, 0.05) is 40.6 Å². The quantitative estimate of drug-likeness (QED) is 0.352. The number of rotatable bonds is 5. The summed E-state index contributed by atoms with van der Waals surface area (Å²) in [5.41, 5.74) is 0.953. The van der Waals surface area contributed by atoms with Crippen molar-refractivity contribution in [2.45, 2.75) is 26.3 Å². The van der Waals surface area contributed by atoms with Gasteiger partial charge in [0.05, 0.1) is 6.54 Å². The van der Waals surface area contributed by atoms with Crippen LogP contribution >= 0.6 is 58.5 Å². The molecule has 132 valence electrons. The number of hydrogen-bond acceptors (Lipinski definition) is 3. The van der Waals surface area contributed by atoms with Crippen molar-refractivity contribution in [1.82, 2.24) is 15.6 Å². The van der Waals surface area contributed by atoms with Crippen molar-refractivity contribution in [3.8, 4) is 0 Å². The van der Waals surface area contributed by atoms with E-state index in [-0.39, 0.29) is 29.9 Å². The molecule has 24 heavy (non-hydrogen) atoms. The Morgan fingerprint density at radius 3 is 2.50 bits per heavy atom. The molecule has 0 fully saturated rings. The summed E-state index contributed by atoms with van der Waals surface area (Å²) in [5, 5.41) is 8.96. The minimum Gasteiger partial charge on any atom is -0.356 e. The number of halogens is 3. The highest BCUT2D eigenvalue weighted by molar-refractivity contribution is 14.0. The van der Waals surface area contributed by atoms with Crippen LogP contribution in [0.5, 0.6) is 0 Å². The first-order valence-corrected chi connectivity index (χ1v) is 8.88. The van der Waals surface area contributed by atoms with E-state index in [1.807, 2.05) is 31.3 Å². The summed E-state index contributed by atoms with van der Waals surface area (Å²) < 4.78 is 0. The molecule has 0 aliphatic carbocycles. The average Bonchev–Trinajstić information content (AvgIpc) is 2.93. The van der Waals surface area contributed by atoms with Crippen molar-refractivity contribution < 1.29 is 0 Å². The molecule has 2 aromatic rings. The van der Waals surface area contributed by atoms with Gasteiger partial charge in [-0.3, -0.25) is 4.99 Å². The SMILES string of the molecule is CN=C(NCc1ncc(C)s1)NCC(C)c1c(Cl)cccc1Cl.I. The number of aryl methyl sites for hydroxylation is 1. The molecule has 0 aliphatic rings. The molecule has 8 heteroatoms. The van der Waals surface area contributed by atoms with Crippen molar-refractivity contribution in [2.75, 3.05) is 13.6 Å². The molecule has 1 atom stereocenters. The molecule has 2 rings (SSSR count). The van der Waals surface area contributed by atoms with Gasteiger partial charge >= 0.3 is 0 Å². The predicted octanol–water partition coefficient (Wildman–Crippen LogP) is 4.85. The summed E-state index contributed by atoms with van der Waals surface area (Å²) in [6.45, 7) is 5.46. The van der Waals surface area contributed by atoms with E-state index in [2.05, 4.69) is 27.5 Å². The second kappa shape index (κ2) is 10.4. The number of thiazole rings is 1. The van der Waals surface area contributed by atoms with E-state index in [9.17, 15) is 0 Å². The summed E-state index contributed by atoms with van der Waals surface area (Å²) in [4.78, 5) is 9.75. The molecule has 0 spiro atoms. The minimum absolute atomic E-state index is 0. The molecule has 0 saturated carbocycles. The molecule has 0 saturated heterocycles. The highest BCUT2D eigenvalue weighted by Crippen LogP contribution is 2.30. The Labute approximate surface area is 174 Å². The van der Waals surface area contributed by atoms with Crippen LogP contribution in [0.15, 0.2) is 29.4 Å². The molecule has 0 amide bonds. The lowest BCUT2D eigenvalue weighted by Crippen LogP contribution is -2.38. The van der Waals surface area contributed by atoms with Gasteiger partial charge in [0.1, 0.15) is 5.01 Å². The lowest BCUT2D eigenvalue weighted by molar-refractivity contribution is 0.698. The van der Waals surface area contributed by atoms with Crippen molar-refractivity contribution in [2.24, 2.45) is 4.99 Å². The van der Waals surface area contributed by atoms with Crippen molar-refractivity contribution in [3.05, 3.63) is 49.9 Å². The van der Waals surface area contributed by atoms with Crippen LogP contribution in [0.25, 0.3) is 0 Å². The van der Waals surface area contributed by atoms with Gasteiger partial charge in [-0.25, -0.2) is 4.98 Å². The van der Waals surface area contributed by atoms with Crippen molar-refractivity contribution >= 4 is 64.5 Å². The first kappa shape index (κ1) is 21.5. The number of aliphatic imine (C=N–C) groups is 1. The van der Waals surface area contributed by atoms with Crippen LogP contribution in [-0.4, -0.2) is 24.5 Å². The van der Waals surface area contributed by atoms with E-state index in [0.29, 0.717) is 23.1 Å². The summed E-state index contributed by atoms with van der Waals surface area (Å²) in [6.07, 6.45) is 1.87. The Hall–Kier alpha value is -0.570. The molecule has 1 aromatic carbocycles. The van der Waals surface area contributed by atoms with E-state index in [4.69, 9.17) is 23.2 Å². The van der Waals surface area contributed by atoms with Crippen LogP contribution in [-0.2, 0) is 6.54 Å². The van der Waals surface area contributed by atoms with Gasteiger partial charge in [-0.2, -0.15) is 0 Å². The minimum atomic E-state index is 0. The first-order valence-electron chi connectivity index (χ1n) is 7.31. The zero-order valence-corrected chi connectivity index (χ0v) is 18.4. The number of nitrogens with one attached hydrogen (secondary N) is 2. The molecule has 1 unspecified atom stereocenters. The Morgan fingerprint density at radius 1 is 1.29 bits per heavy atom. The van der Waals surface area contributed by atoms with Gasteiger partial charge < -0.3 is 10.6 Å². The molecule has 4 nitrogen and oxygen atoms in total.